The molecular weight excluding hydrogens is 276 g/mol. The smallest absolute Gasteiger partial charge is 0.251 e. The lowest BCUT2D eigenvalue weighted by Crippen LogP contribution is -2.48. The predicted octanol–water partition coefficient (Wildman–Crippen LogP) is 0.00230. The second-order valence-electron chi connectivity index (χ2n) is 4.99. The molecule has 1 atom stereocenters. The standard InChI is InChI=1S/C14H16N2O5/c1-16-6-10(19-7-13(16)17)5-15-14(18)9-2-3-11-12(4-9)21-8-20-11/h2-4,10H,5-8H2,1H3,(H,15,18). The van der Waals surface area contributed by atoms with Gasteiger partial charge in [0.2, 0.25) is 12.7 Å². The molecular formula is C14H16N2O5. The van der Waals surface area contributed by atoms with Crippen molar-refractivity contribution >= 4 is 11.8 Å². The normalized spacial score (nSPS) is 20.5. The number of nitrogens with one attached hydrogen (secondary N) is 1. The first-order chi connectivity index (χ1) is 10.1. The van der Waals surface area contributed by atoms with Crippen LogP contribution in [0.1, 0.15) is 10.4 Å². The number of morpholine rings is 1. The third-order valence-electron chi connectivity index (χ3n) is 3.47. The number of fused-ring (bicyclic) bond motifs is 1. The van der Waals surface area contributed by atoms with Gasteiger partial charge in [-0.1, -0.05) is 0 Å². The molecule has 1 fully saturated rings. The fourth-order valence-electron chi connectivity index (χ4n) is 2.23. The molecule has 1 aromatic carbocycles. The average Bonchev–Trinajstić information content (AvgIpc) is 2.95. The highest BCUT2D eigenvalue weighted by molar-refractivity contribution is 5.95. The highest BCUT2D eigenvalue weighted by Crippen LogP contribution is 2.32. The Hall–Kier alpha value is -2.28. The first-order valence-corrected chi connectivity index (χ1v) is 6.67. The lowest BCUT2D eigenvalue weighted by molar-refractivity contribution is -0.146. The number of hydrogen-bond acceptors (Lipinski definition) is 5. The van der Waals surface area contributed by atoms with Gasteiger partial charge in [-0.15, -0.1) is 0 Å². The van der Waals surface area contributed by atoms with Gasteiger partial charge in [-0.2, -0.15) is 0 Å². The SMILES string of the molecule is CN1CC(CNC(=O)c2ccc3c(c2)OCO3)OCC1=O. The van der Waals surface area contributed by atoms with Crippen LogP contribution in [-0.2, 0) is 9.53 Å². The quantitative estimate of drug-likeness (QED) is 0.848. The van der Waals surface area contributed by atoms with Crippen LogP contribution in [0.3, 0.4) is 0 Å². The van der Waals surface area contributed by atoms with E-state index < -0.39 is 0 Å². The van der Waals surface area contributed by atoms with Gasteiger partial charge in [0, 0.05) is 25.7 Å². The molecule has 2 amide bonds. The summed E-state index contributed by atoms with van der Waals surface area (Å²) in [5, 5.41) is 2.80. The molecule has 0 saturated carbocycles. The first kappa shape index (κ1) is 13.7. The molecule has 2 aliphatic heterocycles. The van der Waals surface area contributed by atoms with E-state index in [-0.39, 0.29) is 31.3 Å². The lowest BCUT2D eigenvalue weighted by atomic mass is 10.2. The highest BCUT2D eigenvalue weighted by Gasteiger charge is 2.24. The minimum absolute atomic E-state index is 0.0478. The minimum Gasteiger partial charge on any atom is -0.454 e. The van der Waals surface area contributed by atoms with Gasteiger partial charge in [0.15, 0.2) is 11.5 Å². The molecule has 1 aromatic rings. The first-order valence-electron chi connectivity index (χ1n) is 6.67. The molecule has 0 bridgehead atoms. The molecule has 3 rings (SSSR count). The summed E-state index contributed by atoms with van der Waals surface area (Å²) in [6, 6.07) is 5.04. The molecule has 2 aliphatic rings. The van der Waals surface area contributed by atoms with Gasteiger partial charge in [0.05, 0.1) is 6.10 Å². The molecule has 21 heavy (non-hydrogen) atoms. The van der Waals surface area contributed by atoms with Crippen molar-refractivity contribution in [1.82, 2.24) is 10.2 Å². The lowest BCUT2D eigenvalue weighted by Gasteiger charge is -2.29. The van der Waals surface area contributed by atoms with E-state index >= 15 is 0 Å². The van der Waals surface area contributed by atoms with Crippen LogP contribution in [0.25, 0.3) is 0 Å². The molecule has 7 nitrogen and oxygen atoms in total. The van der Waals surface area contributed by atoms with E-state index in [1.807, 2.05) is 0 Å². The summed E-state index contributed by atoms with van der Waals surface area (Å²) in [7, 11) is 1.72. The summed E-state index contributed by atoms with van der Waals surface area (Å²) in [5.74, 6) is 0.953. The van der Waals surface area contributed by atoms with E-state index in [4.69, 9.17) is 14.2 Å². The highest BCUT2D eigenvalue weighted by atomic mass is 16.7. The molecule has 1 saturated heterocycles. The molecule has 1 N–H and O–H groups in total. The summed E-state index contributed by atoms with van der Waals surface area (Å²) in [6.07, 6.45) is -0.189. The average molecular weight is 292 g/mol. The zero-order chi connectivity index (χ0) is 14.8. The molecule has 0 aliphatic carbocycles. The van der Waals surface area contributed by atoms with Crippen molar-refractivity contribution in [2.75, 3.05) is 33.5 Å². The fraction of sp³-hybridized carbons (Fsp3) is 0.429. The van der Waals surface area contributed by atoms with Gasteiger partial charge in [0.25, 0.3) is 5.91 Å². The second-order valence-corrected chi connectivity index (χ2v) is 4.99. The number of ether oxygens (including phenoxy) is 3. The van der Waals surface area contributed by atoms with Crippen LogP contribution in [0.5, 0.6) is 11.5 Å². The van der Waals surface area contributed by atoms with Crippen molar-refractivity contribution in [3.63, 3.8) is 0 Å². The number of nitrogens with zero attached hydrogens (tertiary/aromatic N) is 1. The van der Waals surface area contributed by atoms with Gasteiger partial charge < -0.3 is 24.4 Å². The topological polar surface area (TPSA) is 77.1 Å². The second kappa shape index (κ2) is 5.61. The predicted molar refractivity (Wildman–Crippen MR) is 72.3 cm³/mol. The van der Waals surface area contributed by atoms with Gasteiger partial charge in [-0.3, -0.25) is 9.59 Å². The fourth-order valence-corrected chi connectivity index (χ4v) is 2.23. The van der Waals surface area contributed by atoms with E-state index in [0.29, 0.717) is 30.2 Å². The van der Waals surface area contributed by atoms with Crippen LogP contribution < -0.4 is 14.8 Å². The third kappa shape index (κ3) is 2.92. The van der Waals surface area contributed by atoms with Crippen LogP contribution in [0.2, 0.25) is 0 Å². The molecule has 7 heteroatoms. The number of hydrogen-bond donors (Lipinski definition) is 1. The number of benzene rings is 1. The zero-order valence-electron chi connectivity index (χ0n) is 11.6. The van der Waals surface area contributed by atoms with Crippen molar-refractivity contribution in [3.05, 3.63) is 23.8 Å². The molecule has 1 unspecified atom stereocenters. The summed E-state index contributed by atoms with van der Waals surface area (Å²) in [5.41, 5.74) is 0.500. The van der Waals surface area contributed by atoms with Crippen molar-refractivity contribution in [2.24, 2.45) is 0 Å². The Bertz CT molecular complexity index is 574. The Kier molecular flexibility index (Phi) is 3.66. The number of likely N-dealkylation sites (N-methyl/N-ethyl adjacent to an activating group) is 1. The summed E-state index contributed by atoms with van der Waals surface area (Å²) in [4.78, 5) is 25.0. The van der Waals surface area contributed by atoms with Crippen LogP contribution in [0.4, 0.5) is 0 Å². The molecule has 0 aromatic heterocycles. The molecule has 0 spiro atoms. The van der Waals surface area contributed by atoms with Crippen LogP contribution in [-0.4, -0.2) is 56.4 Å². The van der Waals surface area contributed by atoms with E-state index in [1.165, 1.54) is 0 Å². The monoisotopic (exact) mass is 292 g/mol. The molecule has 0 radical (unpaired) electrons. The molecule has 2 heterocycles. The summed E-state index contributed by atoms with van der Waals surface area (Å²) in [6.45, 7) is 1.06. The maximum atomic E-state index is 12.1. The Morgan fingerprint density at radius 3 is 3.00 bits per heavy atom. The maximum Gasteiger partial charge on any atom is 0.251 e. The zero-order valence-corrected chi connectivity index (χ0v) is 11.6. The Balaban J connectivity index is 1.56. The van der Waals surface area contributed by atoms with E-state index in [0.717, 1.165) is 0 Å². The maximum absolute atomic E-state index is 12.1. The Morgan fingerprint density at radius 2 is 2.19 bits per heavy atom. The number of amides is 2. The third-order valence-corrected chi connectivity index (χ3v) is 3.47. The Labute approximate surface area is 121 Å². The van der Waals surface area contributed by atoms with Crippen molar-refractivity contribution in [2.45, 2.75) is 6.10 Å². The summed E-state index contributed by atoms with van der Waals surface area (Å²) >= 11 is 0. The van der Waals surface area contributed by atoms with Crippen LogP contribution in [0, 0.1) is 0 Å². The minimum atomic E-state index is -0.212. The largest absolute Gasteiger partial charge is 0.454 e. The van der Waals surface area contributed by atoms with Gasteiger partial charge in [-0.25, -0.2) is 0 Å². The van der Waals surface area contributed by atoms with Gasteiger partial charge in [0.1, 0.15) is 6.61 Å². The number of rotatable bonds is 3. The Morgan fingerprint density at radius 1 is 1.38 bits per heavy atom. The van der Waals surface area contributed by atoms with Gasteiger partial charge in [-0.05, 0) is 18.2 Å². The van der Waals surface area contributed by atoms with Crippen molar-refractivity contribution < 1.29 is 23.8 Å². The summed E-state index contributed by atoms with van der Waals surface area (Å²) < 4.78 is 15.8. The van der Waals surface area contributed by atoms with Crippen LogP contribution in [0.15, 0.2) is 18.2 Å². The van der Waals surface area contributed by atoms with Crippen LogP contribution >= 0.6 is 0 Å². The van der Waals surface area contributed by atoms with Crippen molar-refractivity contribution in [1.29, 1.82) is 0 Å². The van der Waals surface area contributed by atoms with Crippen molar-refractivity contribution in [3.8, 4) is 11.5 Å². The number of carbonyl (C=O) groups is 2. The van der Waals surface area contributed by atoms with Gasteiger partial charge >= 0.3 is 0 Å². The molecule has 112 valence electrons. The number of carbonyl (C=O) groups excluding carboxylic acids is 2. The van der Waals surface area contributed by atoms with E-state index in [2.05, 4.69) is 5.32 Å². The van der Waals surface area contributed by atoms with E-state index in [1.54, 1.807) is 30.1 Å². The van der Waals surface area contributed by atoms with E-state index in [9.17, 15) is 9.59 Å².